The number of rotatable bonds is 5. The Kier molecular flexibility index (Phi) is 4.25. The normalized spacial score (nSPS) is 37.2. The summed E-state index contributed by atoms with van der Waals surface area (Å²) < 4.78 is 11.5. The molecule has 0 bridgehead atoms. The molecule has 5 nitrogen and oxygen atoms in total. The minimum atomic E-state index is -0.830. The largest absolute Gasteiger partial charge is 0.481 e. The Morgan fingerprint density at radius 1 is 1.56 bits per heavy atom. The van der Waals surface area contributed by atoms with Crippen LogP contribution in [0.3, 0.4) is 0 Å². The number of carbonyl (C=O) groups is 1. The van der Waals surface area contributed by atoms with Crippen LogP contribution >= 0.6 is 0 Å². The first-order valence-electron chi connectivity index (χ1n) is 6.80. The molecule has 3 unspecified atom stereocenters. The fourth-order valence-corrected chi connectivity index (χ4v) is 3.06. The summed E-state index contributed by atoms with van der Waals surface area (Å²) in [5.41, 5.74) is 0. The number of carboxylic acid groups (broad SMARTS) is 1. The minimum Gasteiger partial charge on any atom is -0.481 e. The molecule has 1 N–H and O–H groups in total. The van der Waals surface area contributed by atoms with E-state index in [0.717, 1.165) is 19.5 Å². The molecular weight excluding hydrogens is 234 g/mol. The zero-order chi connectivity index (χ0) is 13.2. The number of hydrogen-bond donors (Lipinski definition) is 1. The first-order valence-corrected chi connectivity index (χ1v) is 6.80. The van der Waals surface area contributed by atoms with Crippen molar-refractivity contribution >= 4 is 5.97 Å². The Morgan fingerprint density at radius 3 is 3.00 bits per heavy atom. The molecule has 2 aliphatic heterocycles. The maximum atomic E-state index is 10.7. The third kappa shape index (κ3) is 3.22. The Morgan fingerprint density at radius 2 is 2.33 bits per heavy atom. The van der Waals surface area contributed by atoms with Crippen molar-refractivity contribution in [2.75, 3.05) is 19.7 Å². The van der Waals surface area contributed by atoms with Gasteiger partial charge in [-0.15, -0.1) is 0 Å². The molecule has 0 aromatic heterocycles. The second-order valence-electron chi connectivity index (χ2n) is 5.41. The van der Waals surface area contributed by atoms with Gasteiger partial charge in [0.15, 0.2) is 5.79 Å². The van der Waals surface area contributed by atoms with Crippen molar-refractivity contribution in [2.45, 2.75) is 57.5 Å². The Labute approximate surface area is 108 Å². The lowest BCUT2D eigenvalue weighted by atomic mass is 10.1. The van der Waals surface area contributed by atoms with E-state index in [1.54, 1.807) is 0 Å². The van der Waals surface area contributed by atoms with Gasteiger partial charge in [-0.25, -0.2) is 0 Å². The van der Waals surface area contributed by atoms with E-state index in [0.29, 0.717) is 12.6 Å². The fourth-order valence-electron chi connectivity index (χ4n) is 3.06. The molecule has 0 aliphatic carbocycles. The first kappa shape index (κ1) is 13.8. The van der Waals surface area contributed by atoms with Gasteiger partial charge >= 0.3 is 5.97 Å². The minimum absolute atomic E-state index is 0.0255. The Hall–Kier alpha value is -0.650. The summed E-state index contributed by atoms with van der Waals surface area (Å²) in [6.07, 6.45) is 2.96. The van der Waals surface area contributed by atoms with Gasteiger partial charge in [0, 0.05) is 12.5 Å². The predicted octanol–water partition coefficient (Wildman–Crippen LogP) is 1.47. The van der Waals surface area contributed by atoms with Crippen LogP contribution in [0.4, 0.5) is 0 Å². The van der Waals surface area contributed by atoms with Gasteiger partial charge in [0.05, 0.1) is 19.1 Å². The van der Waals surface area contributed by atoms with Gasteiger partial charge in [-0.3, -0.25) is 4.79 Å². The van der Waals surface area contributed by atoms with Gasteiger partial charge in [0.2, 0.25) is 0 Å². The first-order chi connectivity index (χ1) is 8.52. The van der Waals surface area contributed by atoms with E-state index in [4.69, 9.17) is 14.6 Å². The SMILES string of the molecule is CCN1CCCC1CC1(C)OCC(CC(=O)O)O1. The molecule has 2 heterocycles. The van der Waals surface area contributed by atoms with Crippen molar-refractivity contribution < 1.29 is 19.4 Å². The van der Waals surface area contributed by atoms with E-state index in [-0.39, 0.29) is 12.5 Å². The third-order valence-corrected chi connectivity index (χ3v) is 3.90. The number of hydrogen-bond acceptors (Lipinski definition) is 4. The van der Waals surface area contributed by atoms with Crippen LogP contribution in [-0.4, -0.2) is 53.6 Å². The molecule has 0 spiro atoms. The molecule has 3 atom stereocenters. The van der Waals surface area contributed by atoms with Gasteiger partial charge in [-0.05, 0) is 32.9 Å². The van der Waals surface area contributed by atoms with E-state index in [1.165, 1.54) is 12.8 Å². The molecule has 0 saturated carbocycles. The molecule has 2 rings (SSSR count). The maximum Gasteiger partial charge on any atom is 0.306 e. The maximum absolute atomic E-state index is 10.7. The van der Waals surface area contributed by atoms with Gasteiger partial charge < -0.3 is 19.5 Å². The highest BCUT2D eigenvalue weighted by Gasteiger charge is 2.41. The van der Waals surface area contributed by atoms with Gasteiger partial charge in [-0.2, -0.15) is 0 Å². The lowest BCUT2D eigenvalue weighted by Crippen LogP contribution is -2.38. The summed E-state index contributed by atoms with van der Waals surface area (Å²) >= 11 is 0. The Bertz CT molecular complexity index is 309. The molecule has 104 valence electrons. The molecule has 0 aromatic carbocycles. The lowest BCUT2D eigenvalue weighted by Gasteiger charge is -2.31. The number of carboxylic acids is 1. The van der Waals surface area contributed by atoms with Gasteiger partial charge in [0.25, 0.3) is 0 Å². The second-order valence-corrected chi connectivity index (χ2v) is 5.41. The van der Waals surface area contributed by atoms with Crippen molar-refractivity contribution in [3.8, 4) is 0 Å². The quantitative estimate of drug-likeness (QED) is 0.808. The van der Waals surface area contributed by atoms with Crippen LogP contribution < -0.4 is 0 Å². The topological polar surface area (TPSA) is 59.0 Å². The van der Waals surface area contributed by atoms with E-state index in [9.17, 15) is 4.79 Å². The summed E-state index contributed by atoms with van der Waals surface area (Å²) in [6.45, 7) is 6.70. The number of ether oxygens (including phenoxy) is 2. The summed E-state index contributed by atoms with van der Waals surface area (Å²) in [4.78, 5) is 13.1. The summed E-state index contributed by atoms with van der Waals surface area (Å²) in [6, 6.07) is 0.503. The van der Waals surface area contributed by atoms with Crippen LogP contribution in [0.5, 0.6) is 0 Å². The molecule has 0 amide bonds. The predicted molar refractivity (Wildman–Crippen MR) is 66.4 cm³/mol. The third-order valence-electron chi connectivity index (χ3n) is 3.90. The summed E-state index contributed by atoms with van der Waals surface area (Å²) in [5.74, 6) is -1.44. The van der Waals surface area contributed by atoms with Crippen LogP contribution in [-0.2, 0) is 14.3 Å². The molecule has 2 saturated heterocycles. The van der Waals surface area contributed by atoms with Crippen LogP contribution in [0.25, 0.3) is 0 Å². The van der Waals surface area contributed by atoms with E-state index >= 15 is 0 Å². The van der Waals surface area contributed by atoms with Gasteiger partial charge in [0.1, 0.15) is 0 Å². The number of likely N-dealkylation sites (tertiary alicyclic amines) is 1. The van der Waals surface area contributed by atoms with Crippen molar-refractivity contribution in [3.63, 3.8) is 0 Å². The molecule has 2 fully saturated rings. The van der Waals surface area contributed by atoms with Crippen molar-refractivity contribution in [1.29, 1.82) is 0 Å². The van der Waals surface area contributed by atoms with Crippen LogP contribution in [0.1, 0.15) is 39.5 Å². The number of aliphatic carboxylic acids is 1. The van der Waals surface area contributed by atoms with Crippen LogP contribution in [0, 0.1) is 0 Å². The highest BCUT2D eigenvalue weighted by Crippen LogP contribution is 2.33. The van der Waals surface area contributed by atoms with E-state index < -0.39 is 11.8 Å². The summed E-state index contributed by atoms with van der Waals surface area (Å²) in [7, 11) is 0. The number of nitrogens with zero attached hydrogens (tertiary/aromatic N) is 1. The standard InChI is InChI=1S/C13H23NO4/c1-3-14-6-4-5-10(14)8-13(2)17-9-11(18-13)7-12(15)16/h10-11H,3-9H2,1-2H3,(H,15,16). The summed E-state index contributed by atoms with van der Waals surface area (Å²) in [5, 5.41) is 8.76. The average Bonchev–Trinajstić information content (AvgIpc) is 2.85. The highest BCUT2D eigenvalue weighted by atomic mass is 16.7. The average molecular weight is 257 g/mol. The zero-order valence-electron chi connectivity index (χ0n) is 11.2. The fraction of sp³-hybridized carbons (Fsp3) is 0.923. The molecule has 0 aromatic rings. The van der Waals surface area contributed by atoms with Crippen LogP contribution in [0.2, 0.25) is 0 Å². The molecule has 5 heteroatoms. The van der Waals surface area contributed by atoms with Crippen molar-refractivity contribution in [3.05, 3.63) is 0 Å². The van der Waals surface area contributed by atoms with Gasteiger partial charge in [-0.1, -0.05) is 6.92 Å². The van der Waals surface area contributed by atoms with Crippen LogP contribution in [0.15, 0.2) is 0 Å². The van der Waals surface area contributed by atoms with E-state index in [2.05, 4.69) is 11.8 Å². The van der Waals surface area contributed by atoms with E-state index in [1.807, 2.05) is 6.92 Å². The van der Waals surface area contributed by atoms with Crippen molar-refractivity contribution in [2.24, 2.45) is 0 Å². The molecule has 0 radical (unpaired) electrons. The molecular formula is C13H23NO4. The monoisotopic (exact) mass is 257 g/mol. The smallest absolute Gasteiger partial charge is 0.306 e. The lowest BCUT2D eigenvalue weighted by molar-refractivity contribution is -0.169. The van der Waals surface area contributed by atoms with Crippen molar-refractivity contribution in [1.82, 2.24) is 4.90 Å². The second kappa shape index (κ2) is 5.55. The molecule has 18 heavy (non-hydrogen) atoms. The Balaban J connectivity index is 1.87. The molecule has 2 aliphatic rings. The zero-order valence-corrected chi connectivity index (χ0v) is 11.2. The highest BCUT2D eigenvalue weighted by molar-refractivity contribution is 5.67.